The monoisotopic (exact) mass is 547 g/mol. The molecule has 2 amide bonds. The number of hydrogen-bond acceptors (Lipinski definition) is 9. The van der Waals surface area contributed by atoms with Crippen LogP contribution in [-0.2, 0) is 16.0 Å². The van der Waals surface area contributed by atoms with Gasteiger partial charge >= 0.3 is 0 Å². The molecule has 1 fully saturated rings. The molecule has 1 atom stereocenters. The van der Waals surface area contributed by atoms with E-state index in [2.05, 4.69) is 30.8 Å². The van der Waals surface area contributed by atoms with Gasteiger partial charge in [-0.15, -0.1) is 0 Å². The fourth-order valence-corrected chi connectivity index (χ4v) is 4.42. The summed E-state index contributed by atoms with van der Waals surface area (Å²) in [6.45, 7) is 3.89. The summed E-state index contributed by atoms with van der Waals surface area (Å²) >= 11 is 5.98. The third-order valence-corrected chi connectivity index (χ3v) is 6.53. The Bertz CT molecular complexity index is 1050. The molecule has 12 heteroatoms. The van der Waals surface area contributed by atoms with Crippen molar-refractivity contribution in [3.05, 3.63) is 40.7 Å². The van der Waals surface area contributed by atoms with Crippen molar-refractivity contribution in [1.29, 1.82) is 0 Å². The fraction of sp³-hybridized carbons (Fsp3) is 0.538. The van der Waals surface area contributed by atoms with Crippen LogP contribution < -0.4 is 26.4 Å². The molecule has 208 valence electrons. The molecule has 1 aromatic heterocycles. The lowest BCUT2D eigenvalue weighted by Gasteiger charge is -2.33. The Hall–Kier alpha value is -3.15. The molecule has 0 radical (unpaired) electrons. The number of nitrogen functional groups attached to an aromatic ring is 1. The summed E-state index contributed by atoms with van der Waals surface area (Å²) in [6.07, 6.45) is 4.60. The zero-order chi connectivity index (χ0) is 27.3. The first-order valence-electron chi connectivity index (χ1n) is 12.9. The van der Waals surface area contributed by atoms with Crippen LogP contribution in [0.3, 0.4) is 0 Å². The van der Waals surface area contributed by atoms with Gasteiger partial charge < -0.3 is 36.1 Å². The van der Waals surface area contributed by atoms with E-state index in [0.717, 1.165) is 51.7 Å². The number of carbonyl (C=O) groups is 2. The van der Waals surface area contributed by atoms with Crippen LogP contribution in [0.15, 0.2) is 24.3 Å². The summed E-state index contributed by atoms with van der Waals surface area (Å²) in [4.78, 5) is 35.2. The second-order valence-corrected chi connectivity index (χ2v) is 9.55. The van der Waals surface area contributed by atoms with Gasteiger partial charge in [0.25, 0.3) is 11.8 Å². The van der Waals surface area contributed by atoms with Crippen molar-refractivity contribution in [2.75, 3.05) is 64.6 Å². The van der Waals surface area contributed by atoms with Gasteiger partial charge in [0, 0.05) is 39.9 Å². The SMILES string of the molecule is CNc1nc(N)c(Cl)nc1C(=O)NC1CCCN(CCCc2ccc(OCC(=O)NCCCOC)cc2)C1. The molecule has 0 aliphatic carbocycles. The Morgan fingerprint density at radius 3 is 2.74 bits per heavy atom. The van der Waals surface area contributed by atoms with Gasteiger partial charge in [0.15, 0.2) is 29.1 Å². The Morgan fingerprint density at radius 2 is 2.00 bits per heavy atom. The van der Waals surface area contributed by atoms with Gasteiger partial charge in [-0.05, 0) is 62.9 Å². The number of methoxy groups -OCH3 is 1. The lowest BCUT2D eigenvalue weighted by molar-refractivity contribution is -0.123. The number of aromatic nitrogens is 2. The molecule has 2 aromatic rings. The number of halogens is 1. The van der Waals surface area contributed by atoms with E-state index in [1.165, 1.54) is 5.56 Å². The molecular formula is C26H38ClN7O4. The minimum atomic E-state index is -0.318. The maximum atomic E-state index is 12.8. The number of likely N-dealkylation sites (tertiary alicyclic amines) is 1. The molecular weight excluding hydrogens is 510 g/mol. The molecule has 1 aromatic carbocycles. The molecule has 1 aliphatic heterocycles. The highest BCUT2D eigenvalue weighted by Crippen LogP contribution is 2.20. The molecule has 0 spiro atoms. The van der Waals surface area contributed by atoms with Gasteiger partial charge in [0.1, 0.15) is 5.75 Å². The van der Waals surface area contributed by atoms with Crippen LogP contribution in [0, 0.1) is 0 Å². The standard InChI is InChI=1S/C26H38ClN7O4/c1-29-25-22(32-23(27)24(28)33-25)26(36)31-19-7-4-14-34(16-19)13-3-6-18-8-10-20(11-9-18)38-17-21(35)30-12-5-15-37-2/h8-11,19H,3-7,12-17H2,1-2H3,(H,30,35)(H,31,36)(H3,28,29,33). The predicted octanol–water partition coefficient (Wildman–Crippen LogP) is 2.11. The van der Waals surface area contributed by atoms with E-state index in [0.29, 0.717) is 24.7 Å². The van der Waals surface area contributed by atoms with Gasteiger partial charge in [0.05, 0.1) is 0 Å². The van der Waals surface area contributed by atoms with Crippen molar-refractivity contribution in [2.24, 2.45) is 0 Å². The van der Waals surface area contributed by atoms with Crippen molar-refractivity contribution in [2.45, 2.75) is 38.1 Å². The highest BCUT2D eigenvalue weighted by atomic mass is 35.5. The third kappa shape index (κ3) is 9.30. The predicted molar refractivity (Wildman–Crippen MR) is 148 cm³/mol. The first-order valence-corrected chi connectivity index (χ1v) is 13.3. The topological polar surface area (TPSA) is 144 Å². The van der Waals surface area contributed by atoms with Crippen molar-refractivity contribution in [3.63, 3.8) is 0 Å². The first kappa shape index (κ1) is 29.4. The molecule has 2 heterocycles. The van der Waals surface area contributed by atoms with Gasteiger partial charge in [0.2, 0.25) is 0 Å². The number of ether oxygens (including phenoxy) is 2. The Balaban J connectivity index is 1.38. The van der Waals surface area contributed by atoms with Crippen molar-refractivity contribution in [3.8, 4) is 5.75 Å². The summed E-state index contributed by atoms with van der Waals surface area (Å²) in [5.74, 6) is 0.587. The minimum absolute atomic E-state index is 0.00674. The van der Waals surface area contributed by atoms with E-state index in [-0.39, 0.29) is 41.1 Å². The van der Waals surface area contributed by atoms with Gasteiger partial charge in [-0.1, -0.05) is 23.7 Å². The number of carbonyl (C=O) groups excluding carboxylic acids is 2. The molecule has 1 unspecified atom stereocenters. The average Bonchev–Trinajstić information content (AvgIpc) is 2.92. The van der Waals surface area contributed by atoms with E-state index in [1.807, 2.05) is 24.3 Å². The molecule has 11 nitrogen and oxygen atoms in total. The summed E-state index contributed by atoms with van der Waals surface area (Å²) < 4.78 is 10.5. The molecule has 1 aliphatic rings. The van der Waals surface area contributed by atoms with Crippen LogP contribution in [0.4, 0.5) is 11.6 Å². The maximum absolute atomic E-state index is 12.8. The molecule has 0 bridgehead atoms. The fourth-order valence-electron chi connectivity index (χ4n) is 4.29. The summed E-state index contributed by atoms with van der Waals surface area (Å²) in [7, 11) is 3.29. The second kappa shape index (κ2) is 15.3. The Kier molecular flexibility index (Phi) is 11.8. The van der Waals surface area contributed by atoms with Gasteiger partial charge in [-0.2, -0.15) is 0 Å². The number of nitrogens with zero attached hydrogens (tertiary/aromatic N) is 3. The van der Waals surface area contributed by atoms with Gasteiger partial charge in [-0.3, -0.25) is 9.59 Å². The van der Waals surface area contributed by atoms with E-state index < -0.39 is 0 Å². The molecule has 3 rings (SSSR count). The molecule has 5 N–H and O–H groups in total. The lowest BCUT2D eigenvalue weighted by atomic mass is 10.0. The van der Waals surface area contributed by atoms with Crippen molar-refractivity contribution in [1.82, 2.24) is 25.5 Å². The lowest BCUT2D eigenvalue weighted by Crippen LogP contribution is -2.48. The minimum Gasteiger partial charge on any atom is -0.484 e. The van der Waals surface area contributed by atoms with E-state index in [4.69, 9.17) is 26.8 Å². The quantitative estimate of drug-likeness (QED) is 0.261. The number of nitrogens with one attached hydrogen (secondary N) is 3. The largest absolute Gasteiger partial charge is 0.484 e. The van der Waals surface area contributed by atoms with Crippen LogP contribution in [0.2, 0.25) is 5.15 Å². The Labute approximate surface area is 228 Å². The third-order valence-electron chi connectivity index (χ3n) is 6.25. The van der Waals surface area contributed by atoms with Crippen LogP contribution in [-0.4, -0.2) is 86.3 Å². The van der Waals surface area contributed by atoms with E-state index >= 15 is 0 Å². The smallest absolute Gasteiger partial charge is 0.274 e. The van der Waals surface area contributed by atoms with E-state index in [1.54, 1.807) is 14.2 Å². The number of benzene rings is 1. The molecule has 38 heavy (non-hydrogen) atoms. The first-order chi connectivity index (χ1) is 18.4. The highest BCUT2D eigenvalue weighted by molar-refractivity contribution is 6.31. The average molecular weight is 548 g/mol. The summed E-state index contributed by atoms with van der Waals surface area (Å²) in [6, 6.07) is 7.87. The number of aryl methyl sites for hydroxylation is 1. The zero-order valence-corrected chi connectivity index (χ0v) is 22.9. The van der Waals surface area contributed by atoms with Crippen molar-refractivity contribution < 1.29 is 19.1 Å². The number of anilines is 2. The van der Waals surface area contributed by atoms with Gasteiger partial charge in [-0.25, -0.2) is 9.97 Å². The summed E-state index contributed by atoms with van der Waals surface area (Å²) in [5, 5.41) is 8.73. The normalized spacial score (nSPS) is 15.6. The number of rotatable bonds is 14. The van der Waals surface area contributed by atoms with Crippen LogP contribution in [0.25, 0.3) is 0 Å². The number of nitrogens with two attached hydrogens (primary N) is 1. The Morgan fingerprint density at radius 1 is 1.21 bits per heavy atom. The second-order valence-electron chi connectivity index (χ2n) is 9.19. The molecule has 0 saturated carbocycles. The van der Waals surface area contributed by atoms with Crippen molar-refractivity contribution >= 4 is 35.1 Å². The highest BCUT2D eigenvalue weighted by Gasteiger charge is 2.24. The number of amides is 2. The van der Waals surface area contributed by atoms with E-state index in [9.17, 15) is 9.59 Å². The number of hydrogen-bond donors (Lipinski definition) is 4. The van der Waals surface area contributed by atoms with Crippen LogP contribution in [0.1, 0.15) is 41.7 Å². The van der Waals surface area contributed by atoms with Crippen LogP contribution in [0.5, 0.6) is 5.75 Å². The number of piperidine rings is 1. The van der Waals surface area contributed by atoms with Crippen LogP contribution >= 0.6 is 11.6 Å². The zero-order valence-electron chi connectivity index (χ0n) is 22.1. The molecule has 1 saturated heterocycles. The maximum Gasteiger partial charge on any atom is 0.274 e. The summed E-state index contributed by atoms with van der Waals surface area (Å²) in [5.41, 5.74) is 7.05.